The molecule has 2 N–H and O–H groups in total. The SMILES string of the molecule is Cl.NCC1CCN(C(=O)C2(c3cccs3)CCCCC2)C1. The summed E-state index contributed by atoms with van der Waals surface area (Å²) in [5.41, 5.74) is 5.54. The average molecular weight is 329 g/mol. The Balaban J connectivity index is 0.00000161. The fraction of sp³-hybridized carbons (Fsp3) is 0.688. The summed E-state index contributed by atoms with van der Waals surface area (Å²) >= 11 is 1.75. The number of carbonyl (C=O) groups is 1. The van der Waals surface area contributed by atoms with E-state index in [0.717, 1.165) is 32.4 Å². The number of hydrogen-bond acceptors (Lipinski definition) is 3. The quantitative estimate of drug-likeness (QED) is 0.926. The largest absolute Gasteiger partial charge is 0.342 e. The fourth-order valence-corrected chi connectivity index (χ4v) is 4.76. The van der Waals surface area contributed by atoms with Crippen LogP contribution in [-0.4, -0.2) is 30.4 Å². The van der Waals surface area contributed by atoms with Gasteiger partial charge in [0.25, 0.3) is 0 Å². The van der Waals surface area contributed by atoms with E-state index in [1.54, 1.807) is 11.3 Å². The molecule has 0 radical (unpaired) electrons. The van der Waals surface area contributed by atoms with Crippen molar-refractivity contribution in [2.75, 3.05) is 19.6 Å². The molecule has 2 aliphatic rings. The first kappa shape index (κ1) is 16.8. The number of nitrogens with zero attached hydrogens (tertiary/aromatic N) is 1. The van der Waals surface area contributed by atoms with Crippen LogP contribution in [0.4, 0.5) is 0 Å². The lowest BCUT2D eigenvalue weighted by molar-refractivity contribution is -0.137. The van der Waals surface area contributed by atoms with Gasteiger partial charge in [-0.3, -0.25) is 4.79 Å². The Kier molecular flexibility index (Phi) is 5.69. The van der Waals surface area contributed by atoms with Gasteiger partial charge < -0.3 is 10.6 Å². The fourth-order valence-electron chi connectivity index (χ4n) is 3.78. The van der Waals surface area contributed by atoms with Crippen molar-refractivity contribution in [1.29, 1.82) is 0 Å². The van der Waals surface area contributed by atoms with Crippen molar-refractivity contribution in [3.05, 3.63) is 22.4 Å². The zero-order valence-electron chi connectivity index (χ0n) is 12.4. The van der Waals surface area contributed by atoms with Crippen LogP contribution in [-0.2, 0) is 10.2 Å². The Morgan fingerprint density at radius 3 is 2.71 bits per heavy atom. The van der Waals surface area contributed by atoms with E-state index >= 15 is 0 Å². The summed E-state index contributed by atoms with van der Waals surface area (Å²) in [6.45, 7) is 2.46. The van der Waals surface area contributed by atoms with Gasteiger partial charge in [-0.25, -0.2) is 0 Å². The maximum atomic E-state index is 13.2. The summed E-state index contributed by atoms with van der Waals surface area (Å²) < 4.78 is 0. The summed E-state index contributed by atoms with van der Waals surface area (Å²) in [6.07, 6.45) is 6.75. The Morgan fingerprint density at radius 2 is 2.14 bits per heavy atom. The maximum absolute atomic E-state index is 13.2. The summed E-state index contributed by atoms with van der Waals surface area (Å²) in [7, 11) is 0. The van der Waals surface area contributed by atoms with Crippen molar-refractivity contribution in [3.63, 3.8) is 0 Å². The van der Waals surface area contributed by atoms with Crippen molar-refractivity contribution in [2.24, 2.45) is 11.7 Å². The molecule has 1 aromatic heterocycles. The predicted octanol–water partition coefficient (Wildman–Crippen LogP) is 3.18. The van der Waals surface area contributed by atoms with Crippen molar-refractivity contribution in [1.82, 2.24) is 4.90 Å². The highest BCUT2D eigenvalue weighted by atomic mass is 35.5. The molecule has 1 aliphatic heterocycles. The number of likely N-dealkylation sites (tertiary alicyclic amines) is 1. The van der Waals surface area contributed by atoms with E-state index in [-0.39, 0.29) is 17.8 Å². The topological polar surface area (TPSA) is 46.3 Å². The molecule has 118 valence electrons. The molecule has 3 nitrogen and oxygen atoms in total. The second kappa shape index (κ2) is 7.12. The van der Waals surface area contributed by atoms with Gasteiger partial charge in [0.05, 0.1) is 5.41 Å². The van der Waals surface area contributed by atoms with E-state index in [0.29, 0.717) is 18.4 Å². The molecule has 1 unspecified atom stereocenters. The predicted molar refractivity (Wildman–Crippen MR) is 90.1 cm³/mol. The summed E-state index contributed by atoms with van der Waals surface area (Å²) in [5, 5.41) is 2.10. The molecule has 5 heteroatoms. The second-order valence-corrected chi connectivity index (χ2v) is 7.21. The molecule has 1 amide bonds. The smallest absolute Gasteiger partial charge is 0.234 e. The molecule has 1 saturated carbocycles. The van der Waals surface area contributed by atoms with Crippen LogP contribution < -0.4 is 5.73 Å². The zero-order chi connectivity index (χ0) is 14.0. The Labute approximate surface area is 137 Å². The molecule has 0 aromatic carbocycles. The first-order valence-electron chi connectivity index (χ1n) is 7.80. The molecule has 0 bridgehead atoms. The van der Waals surface area contributed by atoms with E-state index in [1.807, 2.05) is 0 Å². The average Bonchev–Trinajstić information content (AvgIpc) is 3.18. The van der Waals surface area contributed by atoms with E-state index in [9.17, 15) is 4.79 Å². The Hall–Kier alpha value is -0.580. The van der Waals surface area contributed by atoms with Crippen molar-refractivity contribution < 1.29 is 4.79 Å². The highest BCUT2D eigenvalue weighted by Gasteiger charge is 2.45. The standard InChI is InChI=1S/C16H24N2OS.ClH/c17-11-13-6-9-18(12-13)15(19)16(7-2-1-3-8-16)14-5-4-10-20-14;/h4-5,10,13H,1-3,6-9,11-12,17H2;1H. The van der Waals surface area contributed by atoms with Gasteiger partial charge >= 0.3 is 0 Å². The highest BCUT2D eigenvalue weighted by molar-refractivity contribution is 7.10. The molecule has 3 rings (SSSR count). The molecule has 1 saturated heterocycles. The summed E-state index contributed by atoms with van der Waals surface area (Å²) in [5.74, 6) is 0.874. The van der Waals surface area contributed by atoms with Crippen LogP contribution in [0.15, 0.2) is 17.5 Å². The first-order chi connectivity index (χ1) is 9.76. The van der Waals surface area contributed by atoms with Crippen LogP contribution in [0.5, 0.6) is 0 Å². The minimum Gasteiger partial charge on any atom is -0.342 e. The van der Waals surface area contributed by atoms with Gasteiger partial charge in [0.1, 0.15) is 0 Å². The van der Waals surface area contributed by atoms with Crippen molar-refractivity contribution in [3.8, 4) is 0 Å². The normalized spacial score (nSPS) is 24.6. The van der Waals surface area contributed by atoms with Gasteiger partial charge in [-0.2, -0.15) is 0 Å². The van der Waals surface area contributed by atoms with Gasteiger partial charge in [-0.1, -0.05) is 25.3 Å². The number of thiophene rings is 1. The van der Waals surface area contributed by atoms with Crippen LogP contribution in [0, 0.1) is 5.92 Å². The van der Waals surface area contributed by atoms with Crippen LogP contribution >= 0.6 is 23.7 Å². The third kappa shape index (κ3) is 3.13. The summed E-state index contributed by atoms with van der Waals surface area (Å²) in [4.78, 5) is 16.5. The van der Waals surface area contributed by atoms with Crippen LogP contribution in [0.3, 0.4) is 0 Å². The lowest BCUT2D eigenvalue weighted by atomic mass is 9.72. The molecule has 2 heterocycles. The van der Waals surface area contributed by atoms with E-state index in [4.69, 9.17) is 5.73 Å². The van der Waals surface area contributed by atoms with Crippen molar-refractivity contribution in [2.45, 2.75) is 43.9 Å². The van der Waals surface area contributed by atoms with Gasteiger partial charge in [0, 0.05) is 18.0 Å². The lowest BCUT2D eigenvalue weighted by Crippen LogP contribution is -2.47. The number of hydrogen-bond donors (Lipinski definition) is 1. The van der Waals surface area contributed by atoms with Gasteiger partial charge in [-0.05, 0) is 43.2 Å². The molecule has 21 heavy (non-hydrogen) atoms. The minimum absolute atomic E-state index is 0. The third-order valence-corrected chi connectivity index (χ3v) is 6.09. The monoisotopic (exact) mass is 328 g/mol. The maximum Gasteiger partial charge on any atom is 0.234 e. The second-order valence-electron chi connectivity index (χ2n) is 6.26. The van der Waals surface area contributed by atoms with Crippen LogP contribution in [0.25, 0.3) is 0 Å². The zero-order valence-corrected chi connectivity index (χ0v) is 14.1. The van der Waals surface area contributed by atoms with E-state index in [2.05, 4.69) is 22.4 Å². The number of halogens is 1. The van der Waals surface area contributed by atoms with Crippen molar-refractivity contribution >= 4 is 29.7 Å². The van der Waals surface area contributed by atoms with Gasteiger partial charge in [-0.15, -0.1) is 23.7 Å². The first-order valence-corrected chi connectivity index (χ1v) is 8.68. The molecule has 0 spiro atoms. The third-order valence-electron chi connectivity index (χ3n) is 5.02. The molecule has 1 aromatic rings. The molecular formula is C16H25ClN2OS. The number of nitrogens with two attached hydrogens (primary N) is 1. The van der Waals surface area contributed by atoms with E-state index in [1.165, 1.54) is 24.1 Å². The molecule has 2 fully saturated rings. The highest BCUT2D eigenvalue weighted by Crippen LogP contribution is 2.43. The van der Waals surface area contributed by atoms with E-state index < -0.39 is 0 Å². The van der Waals surface area contributed by atoms with Crippen LogP contribution in [0.1, 0.15) is 43.4 Å². The van der Waals surface area contributed by atoms with Gasteiger partial charge in [0.15, 0.2) is 0 Å². The minimum atomic E-state index is -0.226. The number of carbonyl (C=O) groups excluding carboxylic acids is 1. The summed E-state index contributed by atoms with van der Waals surface area (Å²) in [6, 6.07) is 4.24. The van der Waals surface area contributed by atoms with Crippen LogP contribution in [0.2, 0.25) is 0 Å². The Bertz CT molecular complexity index is 457. The molecular weight excluding hydrogens is 304 g/mol. The molecule has 1 aliphatic carbocycles. The lowest BCUT2D eigenvalue weighted by Gasteiger charge is -2.38. The Morgan fingerprint density at radius 1 is 1.38 bits per heavy atom. The van der Waals surface area contributed by atoms with Gasteiger partial charge in [0.2, 0.25) is 5.91 Å². The number of rotatable bonds is 3. The number of amides is 1. The molecule has 1 atom stereocenters.